The number of amides is 7. The monoisotopic (exact) mass is 1210 g/mol. The van der Waals surface area contributed by atoms with Gasteiger partial charge in [0.25, 0.3) is 0 Å². The van der Waals surface area contributed by atoms with Crippen molar-refractivity contribution in [1.29, 1.82) is 0 Å². The highest BCUT2D eigenvalue weighted by molar-refractivity contribution is 5.92. The lowest BCUT2D eigenvalue weighted by atomic mass is 10.1. The first-order valence-corrected chi connectivity index (χ1v) is 29.2. The predicted molar refractivity (Wildman–Crippen MR) is 331 cm³/mol. The number of nitrogens with two attached hydrogens (primary N) is 1. The first-order chi connectivity index (χ1) is 40.7. The molecule has 24 heteroatoms. The number of nitrogen functional groups attached to an aromatic ring is 1. The average Bonchev–Trinajstić information content (AvgIpc) is 2.03. The first kappa shape index (κ1) is 67.7. The molecule has 22 nitrogen and oxygen atoms in total. The zero-order chi connectivity index (χ0) is 62.3. The van der Waals surface area contributed by atoms with Crippen molar-refractivity contribution >= 4 is 76.2 Å². The van der Waals surface area contributed by atoms with Crippen molar-refractivity contribution in [3.63, 3.8) is 0 Å². The summed E-state index contributed by atoms with van der Waals surface area (Å²) in [6.07, 6.45) is 0.314. The maximum Gasteiger partial charge on any atom is 0.414 e. The third kappa shape index (κ3) is 20.9. The summed E-state index contributed by atoms with van der Waals surface area (Å²) in [5.41, 5.74) is 9.73. The van der Waals surface area contributed by atoms with Gasteiger partial charge in [-0.15, -0.1) is 0 Å². The number of halogens is 2. The van der Waals surface area contributed by atoms with Crippen LogP contribution in [0, 0.1) is 11.6 Å². The number of carbonyl (C=O) groups is 7. The highest BCUT2D eigenvalue weighted by atomic mass is 19.1. The molecule has 0 bridgehead atoms. The van der Waals surface area contributed by atoms with Crippen molar-refractivity contribution in [2.24, 2.45) is 0 Å². The quantitative estimate of drug-likeness (QED) is 0.0509. The van der Waals surface area contributed by atoms with Gasteiger partial charge in [-0.1, -0.05) is 31.7 Å². The Morgan fingerprint density at radius 3 is 1.36 bits per heavy atom. The Morgan fingerprint density at radius 1 is 0.598 bits per heavy atom. The maximum atomic E-state index is 15.2. The molecule has 0 saturated carbocycles. The number of hydrogen-bond acceptors (Lipinski definition) is 15. The van der Waals surface area contributed by atoms with Crippen molar-refractivity contribution in [2.75, 3.05) is 130 Å². The van der Waals surface area contributed by atoms with E-state index in [-0.39, 0.29) is 51.3 Å². The molecule has 4 fully saturated rings. The van der Waals surface area contributed by atoms with Crippen molar-refractivity contribution in [3.05, 3.63) is 108 Å². The Balaban J connectivity index is 0.000000277. The molecule has 0 aromatic heterocycles. The number of piperazine rings is 2. The molecule has 474 valence electrons. The van der Waals surface area contributed by atoms with Gasteiger partial charge in [-0.05, 0) is 153 Å². The number of anilines is 6. The SMILES string of the molecule is C.CC(C)(C)OC(=O)NC[C@H]1CN(c2ccc(N3CCN(C(=O)CCCc4ccc(N)cc4)CC3)c(F)c2)C(=O)O1.CN(C)CC(=O)Nc1ccc(CCCC(=O)N2CCN(c3ccc(N4C[C@H](CNC(=O)OC(C)(C)C)OC4=O)cc3F)CC2)cc1. The second kappa shape index (κ2) is 30.8. The lowest BCUT2D eigenvalue weighted by molar-refractivity contribution is -0.132. The van der Waals surface area contributed by atoms with Gasteiger partial charge in [-0.25, -0.2) is 28.0 Å². The Hall–Kier alpha value is -8.41. The van der Waals surface area contributed by atoms with E-state index in [0.717, 1.165) is 41.8 Å². The Kier molecular flexibility index (Phi) is 24.0. The number of aryl methyl sites for hydroxylation is 2. The first-order valence-electron chi connectivity index (χ1n) is 29.2. The summed E-state index contributed by atoms with van der Waals surface area (Å²) in [5.74, 6) is -0.814. The Bertz CT molecular complexity index is 3000. The largest absolute Gasteiger partial charge is 0.444 e. The second-order valence-corrected chi connectivity index (χ2v) is 23.9. The third-order valence-electron chi connectivity index (χ3n) is 14.3. The van der Waals surface area contributed by atoms with E-state index < -0.39 is 59.4 Å². The number of ether oxygens (including phenoxy) is 4. The minimum absolute atomic E-state index is 0. The molecule has 4 heterocycles. The number of benzene rings is 4. The van der Waals surface area contributed by atoms with Gasteiger partial charge in [0.15, 0.2) is 0 Å². The van der Waals surface area contributed by atoms with E-state index in [1.54, 1.807) is 70.7 Å². The molecule has 2 atom stereocenters. The fraction of sp³-hybridized carbons (Fsp3) is 0.508. The smallest absolute Gasteiger partial charge is 0.414 e. The van der Waals surface area contributed by atoms with Gasteiger partial charge >= 0.3 is 24.4 Å². The van der Waals surface area contributed by atoms with Crippen LogP contribution < -0.4 is 41.3 Å². The topological polar surface area (TPSA) is 241 Å². The van der Waals surface area contributed by atoms with Gasteiger partial charge in [0.2, 0.25) is 17.7 Å². The van der Waals surface area contributed by atoms with Crippen LogP contribution in [0.1, 0.15) is 85.8 Å². The van der Waals surface area contributed by atoms with E-state index in [4.69, 9.17) is 24.7 Å². The second-order valence-electron chi connectivity index (χ2n) is 23.9. The summed E-state index contributed by atoms with van der Waals surface area (Å²) in [6.45, 7) is 15.4. The van der Waals surface area contributed by atoms with Crippen molar-refractivity contribution in [3.8, 4) is 0 Å². The van der Waals surface area contributed by atoms with Crippen LogP contribution in [0.2, 0.25) is 0 Å². The van der Waals surface area contributed by atoms with Gasteiger partial charge < -0.3 is 65.1 Å². The van der Waals surface area contributed by atoms with Crippen LogP contribution in [-0.2, 0) is 46.2 Å². The third-order valence-corrected chi connectivity index (χ3v) is 14.3. The number of nitrogens with zero attached hydrogens (tertiary/aromatic N) is 7. The molecule has 0 spiro atoms. The maximum absolute atomic E-state index is 15.2. The summed E-state index contributed by atoms with van der Waals surface area (Å²) in [7, 11) is 3.68. The van der Waals surface area contributed by atoms with Crippen LogP contribution in [0.25, 0.3) is 0 Å². The van der Waals surface area contributed by atoms with Crippen LogP contribution in [-0.4, -0.2) is 179 Å². The van der Waals surface area contributed by atoms with E-state index >= 15 is 8.78 Å². The molecule has 8 rings (SSSR count). The number of alkyl carbamates (subject to hydrolysis) is 2. The highest BCUT2D eigenvalue weighted by Crippen LogP contribution is 2.31. The molecule has 87 heavy (non-hydrogen) atoms. The van der Waals surface area contributed by atoms with E-state index in [1.165, 1.54) is 21.9 Å². The lowest BCUT2D eigenvalue weighted by Gasteiger charge is -2.36. The van der Waals surface area contributed by atoms with Crippen molar-refractivity contribution < 1.29 is 61.3 Å². The molecular formula is C63H87F2N11O11. The summed E-state index contributed by atoms with van der Waals surface area (Å²) in [4.78, 5) is 98.1. The van der Waals surface area contributed by atoms with Gasteiger partial charge in [-0.2, -0.15) is 0 Å². The summed E-state index contributed by atoms with van der Waals surface area (Å²) >= 11 is 0. The number of nitrogens with one attached hydrogen (secondary N) is 3. The normalized spacial score (nSPS) is 17.0. The van der Waals surface area contributed by atoms with E-state index in [2.05, 4.69) is 16.0 Å². The number of cyclic esters (lactones) is 2. The zero-order valence-corrected chi connectivity index (χ0v) is 50.6. The van der Waals surface area contributed by atoms with E-state index in [1.807, 2.05) is 82.2 Å². The molecular weight excluding hydrogens is 1120 g/mol. The van der Waals surface area contributed by atoms with Gasteiger partial charge in [0.1, 0.15) is 35.0 Å². The fourth-order valence-corrected chi connectivity index (χ4v) is 10.1. The molecule has 0 unspecified atom stereocenters. The standard InChI is InChI=1S/C33H45FN6O6.C29H38FN5O5.CH4/c1-33(2,3)46-31(43)35-20-26-21-40(32(44)45-26)25-13-14-28(27(34)19-25)38-15-17-39(18-16-38)30(42)8-6-7-23-9-11-24(12-10-23)36-29(41)22-37(4)5;1-29(2,3)40-27(37)32-18-23-19-35(28(38)39-23)22-11-12-25(24(30)17-22)33-13-15-34(16-14-33)26(36)6-4-5-20-7-9-21(31)10-8-20;/h9-14,19,26H,6-8,15-18,20-22H2,1-5H3,(H,35,43)(H,36,41);7-12,17,23H,4-6,13-16,18-19,31H2,1-3H3,(H,32,37);1H4/t26-;23-;/m00./s1. The number of likely N-dealkylation sites (N-methyl/N-ethyl adjacent to an activating group) is 1. The molecule has 4 saturated heterocycles. The summed E-state index contributed by atoms with van der Waals surface area (Å²) < 4.78 is 51.5. The van der Waals surface area contributed by atoms with E-state index in [0.29, 0.717) is 101 Å². The van der Waals surface area contributed by atoms with Crippen molar-refractivity contribution in [2.45, 2.75) is 111 Å². The van der Waals surface area contributed by atoms with Crippen LogP contribution in [0.4, 0.5) is 62.1 Å². The van der Waals surface area contributed by atoms with Gasteiger partial charge in [-0.3, -0.25) is 24.2 Å². The molecule has 4 aromatic rings. The molecule has 5 N–H and O–H groups in total. The van der Waals surface area contributed by atoms with Gasteiger partial charge in [0, 0.05) is 76.6 Å². The molecule has 4 aliphatic heterocycles. The molecule has 0 radical (unpaired) electrons. The zero-order valence-electron chi connectivity index (χ0n) is 50.6. The minimum atomic E-state index is -0.646. The molecule has 4 aromatic carbocycles. The van der Waals surface area contributed by atoms with Gasteiger partial charge in [0.05, 0.1) is 55.5 Å². The predicted octanol–water partition coefficient (Wildman–Crippen LogP) is 8.41. The van der Waals surface area contributed by atoms with E-state index in [9.17, 15) is 33.6 Å². The molecule has 0 aliphatic carbocycles. The average molecular weight is 1210 g/mol. The Morgan fingerprint density at radius 2 is 0.989 bits per heavy atom. The number of hydrogen-bond donors (Lipinski definition) is 4. The summed E-state index contributed by atoms with van der Waals surface area (Å²) in [5, 5.41) is 8.05. The van der Waals surface area contributed by atoms with Crippen LogP contribution in [0.15, 0.2) is 84.9 Å². The highest BCUT2D eigenvalue weighted by Gasteiger charge is 2.36. The molecule has 4 aliphatic rings. The molecule has 7 amide bonds. The lowest BCUT2D eigenvalue weighted by Crippen LogP contribution is -2.49. The van der Waals surface area contributed by atoms with Crippen molar-refractivity contribution in [1.82, 2.24) is 25.3 Å². The number of carbonyl (C=O) groups excluding carboxylic acids is 7. The van der Waals surface area contributed by atoms with Crippen LogP contribution >= 0.6 is 0 Å². The minimum Gasteiger partial charge on any atom is -0.444 e. The van der Waals surface area contributed by atoms with Crippen LogP contribution in [0.3, 0.4) is 0 Å². The Labute approximate surface area is 509 Å². The van der Waals surface area contributed by atoms with Crippen LogP contribution in [0.5, 0.6) is 0 Å². The fourth-order valence-electron chi connectivity index (χ4n) is 10.1. The number of rotatable bonds is 19. The summed E-state index contributed by atoms with van der Waals surface area (Å²) in [6, 6.07) is 24.6.